The number of allylic oxidation sites excluding steroid dienone is 2. The molecular weight excluding hydrogens is 572 g/mol. The normalized spacial score (nSPS) is 15.9. The van der Waals surface area contributed by atoms with Crippen LogP contribution in [0.25, 0.3) is 11.1 Å². The maximum absolute atomic E-state index is 12.7. The van der Waals surface area contributed by atoms with E-state index in [-0.39, 0.29) is 41.5 Å². The quantitative estimate of drug-likeness (QED) is 0.149. The molecule has 1 saturated carbocycles. The molecule has 1 atom stereocenters. The number of nitrogens with one attached hydrogen (secondary N) is 2. The number of benzene rings is 3. The fourth-order valence-electron chi connectivity index (χ4n) is 6.12. The van der Waals surface area contributed by atoms with Gasteiger partial charge in [-0.05, 0) is 52.3 Å². The summed E-state index contributed by atoms with van der Waals surface area (Å²) in [6.45, 7) is 6.35. The minimum Gasteiger partial charge on any atom is -0.492 e. The first-order valence-electron chi connectivity index (χ1n) is 15.1. The third-order valence-electron chi connectivity index (χ3n) is 8.27. The number of carboxylic acids is 1. The smallest absolute Gasteiger partial charge is 0.407 e. The Labute approximate surface area is 262 Å². The Morgan fingerprint density at radius 3 is 2.07 bits per heavy atom. The highest BCUT2D eigenvalue weighted by molar-refractivity contribution is 6.22. The summed E-state index contributed by atoms with van der Waals surface area (Å²) in [6.07, 6.45) is -0.0328. The van der Waals surface area contributed by atoms with Crippen molar-refractivity contribution >= 4 is 23.6 Å². The summed E-state index contributed by atoms with van der Waals surface area (Å²) in [5.41, 5.74) is 5.56. The number of ketones is 2. The molecule has 3 aromatic carbocycles. The molecule has 0 heterocycles. The van der Waals surface area contributed by atoms with E-state index in [4.69, 9.17) is 9.47 Å². The number of fused-ring (bicyclic) bond motifs is 3. The van der Waals surface area contributed by atoms with E-state index in [1.807, 2.05) is 62.4 Å². The predicted molar refractivity (Wildman–Crippen MR) is 169 cm³/mol. The molecule has 0 aromatic heterocycles. The van der Waals surface area contributed by atoms with Gasteiger partial charge in [-0.3, -0.25) is 9.59 Å². The number of ether oxygens (including phenoxy) is 2. The Balaban J connectivity index is 1.09. The first kappa shape index (κ1) is 31.5. The number of carboxylic acid groups (broad SMARTS) is 1. The largest absolute Gasteiger partial charge is 0.492 e. The first-order chi connectivity index (χ1) is 21.5. The van der Waals surface area contributed by atoms with Crippen molar-refractivity contribution in [1.29, 1.82) is 0 Å². The van der Waals surface area contributed by atoms with Crippen LogP contribution in [0.2, 0.25) is 0 Å². The molecular formula is C36H38N2O7. The van der Waals surface area contributed by atoms with Gasteiger partial charge in [-0.15, -0.1) is 0 Å². The maximum Gasteiger partial charge on any atom is 0.407 e. The van der Waals surface area contributed by atoms with Gasteiger partial charge in [0.05, 0.1) is 5.57 Å². The zero-order valence-electron chi connectivity index (χ0n) is 25.7. The molecule has 5 rings (SSSR count). The SMILES string of the molecule is CC(NCCOc1ccc(C[C@H](NC(=O)OCC2c3ccccc3-c3ccccc32)C(=O)O)cc1)=C1C(=O)CC(C)(C)CC1=O. The van der Waals surface area contributed by atoms with Gasteiger partial charge in [0.15, 0.2) is 11.6 Å². The highest BCUT2D eigenvalue weighted by Crippen LogP contribution is 2.44. The molecule has 234 valence electrons. The summed E-state index contributed by atoms with van der Waals surface area (Å²) < 4.78 is 11.3. The van der Waals surface area contributed by atoms with Gasteiger partial charge in [-0.2, -0.15) is 0 Å². The van der Waals surface area contributed by atoms with Gasteiger partial charge in [0.25, 0.3) is 0 Å². The summed E-state index contributed by atoms with van der Waals surface area (Å²) in [4.78, 5) is 49.6. The summed E-state index contributed by atoms with van der Waals surface area (Å²) in [5.74, 6) is -0.984. The highest BCUT2D eigenvalue weighted by atomic mass is 16.5. The number of alkyl carbamates (subject to hydrolysis) is 1. The van der Waals surface area contributed by atoms with Crippen LogP contribution in [0.1, 0.15) is 56.2 Å². The Bertz CT molecular complexity index is 1570. The summed E-state index contributed by atoms with van der Waals surface area (Å²) in [5, 5.41) is 15.4. The molecule has 2 aliphatic carbocycles. The van der Waals surface area contributed by atoms with Crippen molar-refractivity contribution in [3.8, 4) is 16.9 Å². The van der Waals surface area contributed by atoms with Crippen LogP contribution in [0.15, 0.2) is 84.1 Å². The second-order valence-corrected chi connectivity index (χ2v) is 12.3. The van der Waals surface area contributed by atoms with Crippen molar-refractivity contribution in [2.24, 2.45) is 5.41 Å². The van der Waals surface area contributed by atoms with Gasteiger partial charge in [0.1, 0.15) is 25.0 Å². The summed E-state index contributed by atoms with van der Waals surface area (Å²) in [7, 11) is 0. The number of amides is 1. The molecule has 9 nitrogen and oxygen atoms in total. The van der Waals surface area contributed by atoms with Crippen LogP contribution in [-0.4, -0.2) is 54.5 Å². The molecule has 3 aromatic rings. The van der Waals surface area contributed by atoms with Crippen LogP contribution < -0.4 is 15.4 Å². The number of hydrogen-bond donors (Lipinski definition) is 3. The first-order valence-corrected chi connectivity index (χ1v) is 15.1. The lowest BCUT2D eigenvalue weighted by molar-refractivity contribution is -0.139. The molecule has 3 N–H and O–H groups in total. The standard InChI is InChI=1S/C36H38N2O7/c1-22(33-31(39)19-36(2,3)20-32(33)40)37-16-17-44-24-14-12-23(13-15-24)18-30(34(41)42)38-35(43)45-21-29-27-10-6-4-8-25(27)26-9-5-7-11-28(26)29/h4-15,29-30,37H,16-21H2,1-3H3,(H,38,43)(H,41,42)/t30-/m0/s1. The zero-order chi connectivity index (χ0) is 32.1. The molecule has 0 unspecified atom stereocenters. The van der Waals surface area contributed by atoms with Gasteiger partial charge < -0.3 is 25.2 Å². The average molecular weight is 611 g/mol. The minimum atomic E-state index is -1.18. The van der Waals surface area contributed by atoms with Crippen molar-refractivity contribution in [2.75, 3.05) is 19.8 Å². The van der Waals surface area contributed by atoms with Crippen LogP contribution in [0.4, 0.5) is 4.79 Å². The molecule has 0 saturated heterocycles. The average Bonchev–Trinajstić information content (AvgIpc) is 3.31. The number of Topliss-reactive ketones (excluding diaryl/α,β-unsaturated/α-hetero) is 2. The van der Waals surface area contributed by atoms with Crippen molar-refractivity contribution in [3.63, 3.8) is 0 Å². The van der Waals surface area contributed by atoms with Crippen molar-refractivity contribution in [3.05, 3.63) is 101 Å². The molecule has 45 heavy (non-hydrogen) atoms. The van der Waals surface area contributed by atoms with E-state index in [1.54, 1.807) is 31.2 Å². The lowest BCUT2D eigenvalue weighted by atomic mass is 9.73. The molecule has 1 fully saturated rings. The van der Waals surface area contributed by atoms with E-state index < -0.39 is 18.1 Å². The third-order valence-corrected chi connectivity index (χ3v) is 8.27. The lowest BCUT2D eigenvalue weighted by Gasteiger charge is -2.29. The Hall–Kier alpha value is -4.92. The van der Waals surface area contributed by atoms with Gasteiger partial charge in [-0.1, -0.05) is 74.5 Å². The molecule has 0 aliphatic heterocycles. The van der Waals surface area contributed by atoms with E-state index in [2.05, 4.69) is 10.6 Å². The fourth-order valence-corrected chi connectivity index (χ4v) is 6.12. The topological polar surface area (TPSA) is 131 Å². The van der Waals surface area contributed by atoms with Gasteiger partial charge in [-0.25, -0.2) is 9.59 Å². The van der Waals surface area contributed by atoms with Crippen LogP contribution in [0, 0.1) is 5.41 Å². The van der Waals surface area contributed by atoms with Crippen LogP contribution in [0.5, 0.6) is 5.75 Å². The summed E-state index contributed by atoms with van der Waals surface area (Å²) in [6, 6.07) is 21.8. The molecule has 1 amide bonds. The Kier molecular flexibility index (Phi) is 9.37. The number of aliphatic carboxylic acids is 1. The van der Waals surface area contributed by atoms with Gasteiger partial charge in [0.2, 0.25) is 0 Å². The second-order valence-electron chi connectivity index (χ2n) is 12.3. The minimum absolute atomic E-state index is 0.0625. The van der Waals surface area contributed by atoms with Crippen molar-refractivity contribution < 1.29 is 33.8 Å². The van der Waals surface area contributed by atoms with Gasteiger partial charge >= 0.3 is 12.1 Å². The zero-order valence-corrected chi connectivity index (χ0v) is 25.7. The molecule has 2 aliphatic rings. The number of rotatable bonds is 11. The molecule has 0 radical (unpaired) electrons. The van der Waals surface area contributed by atoms with E-state index >= 15 is 0 Å². The van der Waals surface area contributed by atoms with Crippen LogP contribution in [0.3, 0.4) is 0 Å². The molecule has 0 spiro atoms. The Morgan fingerprint density at radius 1 is 0.911 bits per heavy atom. The number of hydrogen-bond acceptors (Lipinski definition) is 7. The predicted octanol–water partition coefficient (Wildman–Crippen LogP) is 5.42. The summed E-state index contributed by atoms with van der Waals surface area (Å²) >= 11 is 0. The van der Waals surface area contributed by atoms with Crippen LogP contribution >= 0.6 is 0 Å². The Morgan fingerprint density at radius 2 is 1.49 bits per heavy atom. The number of carbonyl (C=O) groups is 4. The number of carbonyl (C=O) groups excluding carboxylic acids is 3. The van der Waals surface area contributed by atoms with Crippen LogP contribution in [-0.2, 0) is 25.5 Å². The monoisotopic (exact) mass is 610 g/mol. The van der Waals surface area contributed by atoms with Gasteiger partial charge in [0, 0.05) is 37.4 Å². The second kappa shape index (κ2) is 13.4. The molecule has 9 heteroatoms. The molecule has 0 bridgehead atoms. The third kappa shape index (κ3) is 7.42. The lowest BCUT2D eigenvalue weighted by Crippen LogP contribution is -2.42. The fraction of sp³-hybridized carbons (Fsp3) is 0.333. The van der Waals surface area contributed by atoms with E-state index in [9.17, 15) is 24.3 Å². The highest BCUT2D eigenvalue weighted by Gasteiger charge is 2.36. The van der Waals surface area contributed by atoms with Crippen molar-refractivity contribution in [2.45, 2.75) is 52.0 Å². The van der Waals surface area contributed by atoms with E-state index in [0.29, 0.717) is 43.0 Å². The van der Waals surface area contributed by atoms with E-state index in [1.165, 1.54) is 0 Å². The van der Waals surface area contributed by atoms with Crippen molar-refractivity contribution in [1.82, 2.24) is 10.6 Å². The van der Waals surface area contributed by atoms with E-state index in [0.717, 1.165) is 22.3 Å². The maximum atomic E-state index is 12.7.